The third kappa shape index (κ3) is 3.85. The monoisotopic (exact) mass is 427 g/mol. The zero-order valence-corrected chi connectivity index (χ0v) is 17.5. The molecule has 5 rings (SSSR count). The Morgan fingerprint density at radius 2 is 1.87 bits per heavy atom. The predicted molar refractivity (Wildman–Crippen MR) is 114 cm³/mol. The van der Waals surface area contributed by atoms with Gasteiger partial charge in [0.2, 0.25) is 0 Å². The number of likely N-dealkylation sites (tertiary alicyclic amines) is 1. The molecule has 158 valence electrons. The summed E-state index contributed by atoms with van der Waals surface area (Å²) in [7, 11) is 0. The fourth-order valence-corrected chi connectivity index (χ4v) is 4.42. The average molecular weight is 428 g/mol. The number of hydrogen-bond donors (Lipinski definition) is 1. The number of aromatic nitrogens is 5. The van der Waals surface area contributed by atoms with Crippen molar-refractivity contribution in [2.45, 2.75) is 37.9 Å². The van der Waals surface area contributed by atoms with E-state index in [-0.39, 0.29) is 18.3 Å². The van der Waals surface area contributed by atoms with Crippen LogP contribution in [0.25, 0.3) is 0 Å². The van der Waals surface area contributed by atoms with Crippen molar-refractivity contribution in [1.82, 2.24) is 34.8 Å². The van der Waals surface area contributed by atoms with Gasteiger partial charge < -0.3 is 14.8 Å². The summed E-state index contributed by atoms with van der Waals surface area (Å²) in [6, 6.07) is 11.3. The SMILES string of the molecule is Cl.O=C(C(c1ccccc1)n1cccn1)N1CCC(c2nnc3n2CCNC3)CC1. The van der Waals surface area contributed by atoms with Crippen molar-refractivity contribution in [3.05, 3.63) is 66.0 Å². The number of carbonyl (C=O) groups is 1. The van der Waals surface area contributed by atoms with Gasteiger partial charge in [-0.05, 0) is 24.5 Å². The van der Waals surface area contributed by atoms with Crippen LogP contribution in [0, 0.1) is 0 Å². The molecule has 3 aromatic rings. The second-order valence-corrected chi connectivity index (χ2v) is 7.70. The van der Waals surface area contributed by atoms with E-state index in [2.05, 4.69) is 25.2 Å². The fraction of sp³-hybridized carbons (Fsp3) is 0.429. The van der Waals surface area contributed by atoms with Crippen LogP contribution in [0.3, 0.4) is 0 Å². The molecule has 0 saturated carbocycles. The number of amides is 1. The van der Waals surface area contributed by atoms with E-state index in [1.54, 1.807) is 10.9 Å². The third-order valence-electron chi connectivity index (χ3n) is 5.96. The molecule has 2 aliphatic heterocycles. The largest absolute Gasteiger partial charge is 0.340 e. The number of fused-ring (bicyclic) bond motifs is 1. The highest BCUT2D eigenvalue weighted by molar-refractivity contribution is 5.85. The van der Waals surface area contributed by atoms with Crippen molar-refractivity contribution in [1.29, 1.82) is 0 Å². The molecular formula is C21H26ClN7O. The number of benzene rings is 1. The second-order valence-electron chi connectivity index (χ2n) is 7.70. The lowest BCUT2D eigenvalue weighted by molar-refractivity contribution is -0.134. The molecule has 1 N–H and O–H groups in total. The molecule has 1 fully saturated rings. The average Bonchev–Trinajstić information content (AvgIpc) is 3.45. The van der Waals surface area contributed by atoms with Gasteiger partial charge in [-0.3, -0.25) is 9.48 Å². The zero-order chi connectivity index (χ0) is 19.6. The Morgan fingerprint density at radius 1 is 1.07 bits per heavy atom. The minimum Gasteiger partial charge on any atom is -0.340 e. The molecule has 9 heteroatoms. The van der Waals surface area contributed by atoms with Crippen LogP contribution in [-0.4, -0.2) is 55.0 Å². The molecule has 30 heavy (non-hydrogen) atoms. The Hall–Kier alpha value is -2.71. The van der Waals surface area contributed by atoms with E-state index in [0.29, 0.717) is 5.92 Å². The van der Waals surface area contributed by atoms with Gasteiger partial charge in [0.15, 0.2) is 6.04 Å². The lowest BCUT2D eigenvalue weighted by Gasteiger charge is -2.34. The molecule has 0 bridgehead atoms. The summed E-state index contributed by atoms with van der Waals surface area (Å²) < 4.78 is 4.01. The topological polar surface area (TPSA) is 80.9 Å². The zero-order valence-electron chi connectivity index (χ0n) is 16.7. The molecule has 0 aliphatic carbocycles. The summed E-state index contributed by atoms with van der Waals surface area (Å²) in [5.41, 5.74) is 0.961. The van der Waals surface area contributed by atoms with E-state index < -0.39 is 6.04 Å². The van der Waals surface area contributed by atoms with Gasteiger partial charge in [0, 0.05) is 44.5 Å². The first-order valence-electron chi connectivity index (χ1n) is 10.3. The highest BCUT2D eigenvalue weighted by atomic mass is 35.5. The first-order chi connectivity index (χ1) is 14.3. The van der Waals surface area contributed by atoms with Crippen LogP contribution < -0.4 is 5.32 Å². The molecular weight excluding hydrogens is 402 g/mol. The van der Waals surface area contributed by atoms with Gasteiger partial charge in [-0.1, -0.05) is 30.3 Å². The lowest BCUT2D eigenvalue weighted by atomic mass is 9.94. The standard InChI is InChI=1S/C21H25N7O.ClH/c29-21(19(28-11-4-9-23-28)16-5-2-1-3-6-16)26-12-7-17(8-13-26)20-25-24-18-15-22-10-14-27(18)20;/h1-6,9,11,17,19,22H,7-8,10,12-15H2;1H. The van der Waals surface area contributed by atoms with Crippen LogP contribution in [0.5, 0.6) is 0 Å². The van der Waals surface area contributed by atoms with E-state index in [1.807, 2.05) is 47.5 Å². The van der Waals surface area contributed by atoms with Crippen LogP contribution in [0.2, 0.25) is 0 Å². The number of nitrogens with zero attached hydrogens (tertiary/aromatic N) is 6. The van der Waals surface area contributed by atoms with Crippen molar-refractivity contribution in [2.75, 3.05) is 19.6 Å². The number of nitrogens with one attached hydrogen (secondary N) is 1. The summed E-state index contributed by atoms with van der Waals surface area (Å²) in [6.07, 6.45) is 5.41. The van der Waals surface area contributed by atoms with Gasteiger partial charge >= 0.3 is 0 Å². The number of halogens is 1. The lowest BCUT2D eigenvalue weighted by Crippen LogP contribution is -2.43. The van der Waals surface area contributed by atoms with Gasteiger partial charge in [0.1, 0.15) is 11.6 Å². The first-order valence-corrected chi connectivity index (χ1v) is 10.3. The highest BCUT2D eigenvalue weighted by Gasteiger charge is 2.33. The minimum absolute atomic E-state index is 0. The van der Waals surface area contributed by atoms with Crippen LogP contribution >= 0.6 is 12.4 Å². The highest BCUT2D eigenvalue weighted by Crippen LogP contribution is 2.30. The van der Waals surface area contributed by atoms with Crippen LogP contribution in [0.1, 0.15) is 42.0 Å². The van der Waals surface area contributed by atoms with Gasteiger partial charge in [-0.2, -0.15) is 5.10 Å². The minimum atomic E-state index is -0.422. The maximum Gasteiger partial charge on any atom is 0.252 e. The Labute approximate surface area is 181 Å². The van der Waals surface area contributed by atoms with Crippen molar-refractivity contribution in [3.8, 4) is 0 Å². The van der Waals surface area contributed by atoms with Crippen molar-refractivity contribution in [2.24, 2.45) is 0 Å². The van der Waals surface area contributed by atoms with Gasteiger partial charge in [-0.15, -0.1) is 22.6 Å². The van der Waals surface area contributed by atoms with Crippen LogP contribution in [-0.2, 0) is 17.9 Å². The van der Waals surface area contributed by atoms with Crippen molar-refractivity contribution >= 4 is 18.3 Å². The van der Waals surface area contributed by atoms with E-state index >= 15 is 0 Å². The fourth-order valence-electron chi connectivity index (χ4n) is 4.42. The number of piperidine rings is 1. The smallest absolute Gasteiger partial charge is 0.252 e. The maximum atomic E-state index is 13.4. The molecule has 1 atom stereocenters. The summed E-state index contributed by atoms with van der Waals surface area (Å²) in [5.74, 6) is 2.57. The molecule has 0 radical (unpaired) electrons. The Bertz CT molecular complexity index is 965. The first kappa shape index (κ1) is 20.6. The molecule has 1 aromatic carbocycles. The van der Waals surface area contributed by atoms with Crippen LogP contribution in [0.4, 0.5) is 0 Å². The van der Waals surface area contributed by atoms with E-state index in [0.717, 1.165) is 62.8 Å². The van der Waals surface area contributed by atoms with E-state index in [9.17, 15) is 4.79 Å². The summed E-state index contributed by atoms with van der Waals surface area (Å²) in [4.78, 5) is 15.4. The van der Waals surface area contributed by atoms with Crippen molar-refractivity contribution < 1.29 is 4.79 Å². The summed E-state index contributed by atoms with van der Waals surface area (Å²) in [5, 5.41) is 16.5. The number of carbonyl (C=O) groups excluding carboxylic acids is 1. The Balaban J connectivity index is 0.00000218. The van der Waals surface area contributed by atoms with Crippen molar-refractivity contribution in [3.63, 3.8) is 0 Å². The van der Waals surface area contributed by atoms with E-state index in [4.69, 9.17) is 0 Å². The Morgan fingerprint density at radius 3 is 2.60 bits per heavy atom. The number of rotatable bonds is 4. The third-order valence-corrected chi connectivity index (χ3v) is 5.96. The maximum absolute atomic E-state index is 13.4. The molecule has 1 saturated heterocycles. The summed E-state index contributed by atoms with van der Waals surface area (Å²) >= 11 is 0. The summed E-state index contributed by atoms with van der Waals surface area (Å²) in [6.45, 7) is 4.13. The number of hydrogen-bond acceptors (Lipinski definition) is 5. The van der Waals surface area contributed by atoms with Gasteiger partial charge in [0.05, 0.1) is 6.54 Å². The predicted octanol–water partition coefficient (Wildman–Crippen LogP) is 2.00. The van der Waals surface area contributed by atoms with Gasteiger partial charge in [-0.25, -0.2) is 0 Å². The molecule has 2 aliphatic rings. The molecule has 0 spiro atoms. The molecule has 1 unspecified atom stereocenters. The molecule has 1 amide bonds. The molecule has 2 aromatic heterocycles. The van der Waals surface area contributed by atoms with E-state index in [1.165, 1.54) is 0 Å². The van der Waals surface area contributed by atoms with Crippen LogP contribution in [0.15, 0.2) is 48.8 Å². The van der Waals surface area contributed by atoms with Gasteiger partial charge in [0.25, 0.3) is 5.91 Å². The normalized spacial score (nSPS) is 17.8. The molecule has 4 heterocycles. The quantitative estimate of drug-likeness (QED) is 0.688. The second kappa shape index (κ2) is 8.97. The molecule has 8 nitrogen and oxygen atoms in total. The Kier molecular flexibility index (Phi) is 6.15.